The monoisotopic (exact) mass is 335 g/mol. The molecule has 2 rings (SSSR count). The van der Waals surface area contributed by atoms with Gasteiger partial charge in [-0.05, 0) is 29.8 Å². The fourth-order valence-corrected chi connectivity index (χ4v) is 2.01. The van der Waals surface area contributed by atoms with Crippen molar-refractivity contribution in [2.24, 2.45) is 0 Å². The molecule has 1 aromatic heterocycles. The van der Waals surface area contributed by atoms with Crippen LogP contribution in [0.4, 0.5) is 15.9 Å². The Balaban J connectivity index is 2.34. The molecule has 0 amide bonds. The number of anilines is 2. The summed E-state index contributed by atoms with van der Waals surface area (Å²) in [7, 11) is 0. The van der Waals surface area contributed by atoms with Gasteiger partial charge in [0.2, 0.25) is 5.28 Å². The number of nitrogens with one attached hydrogen (secondary N) is 1. The number of hydrogen-bond acceptors (Lipinski definition) is 3. The van der Waals surface area contributed by atoms with E-state index in [1.165, 1.54) is 0 Å². The molecule has 3 nitrogen and oxygen atoms in total. The summed E-state index contributed by atoms with van der Waals surface area (Å²) in [5.74, 6) is -0.623. The summed E-state index contributed by atoms with van der Waals surface area (Å²) in [6, 6.07) is 5.15. The molecule has 2 aromatic rings. The molecular formula is C10H5BrCl2FN3. The van der Waals surface area contributed by atoms with Crippen LogP contribution in [-0.2, 0) is 0 Å². The lowest BCUT2D eigenvalue weighted by Crippen LogP contribution is -1.99. The highest BCUT2D eigenvalue weighted by atomic mass is 79.9. The molecule has 0 spiro atoms. The summed E-state index contributed by atoms with van der Waals surface area (Å²) in [4.78, 5) is 7.25. The Kier molecular flexibility index (Phi) is 3.81. The fourth-order valence-electron chi connectivity index (χ4n) is 1.15. The van der Waals surface area contributed by atoms with Crippen LogP contribution in [-0.4, -0.2) is 9.97 Å². The van der Waals surface area contributed by atoms with E-state index >= 15 is 0 Å². The lowest BCUT2D eigenvalue weighted by atomic mass is 10.3. The van der Waals surface area contributed by atoms with E-state index in [2.05, 4.69) is 31.2 Å². The van der Waals surface area contributed by atoms with Crippen LogP contribution in [0, 0.1) is 5.82 Å². The van der Waals surface area contributed by atoms with Crippen molar-refractivity contribution in [3.05, 3.63) is 45.0 Å². The van der Waals surface area contributed by atoms with Crippen LogP contribution in [0.5, 0.6) is 0 Å². The van der Waals surface area contributed by atoms with E-state index in [1.54, 1.807) is 18.2 Å². The SMILES string of the molecule is Fc1cnc(Cl)nc1Nc1ccc(Br)cc1Cl. The van der Waals surface area contributed by atoms with E-state index in [4.69, 9.17) is 23.2 Å². The molecule has 0 atom stereocenters. The summed E-state index contributed by atoms with van der Waals surface area (Å²) in [5.41, 5.74) is 0.531. The molecule has 1 aromatic carbocycles. The van der Waals surface area contributed by atoms with Crippen molar-refractivity contribution in [3.8, 4) is 0 Å². The highest BCUT2D eigenvalue weighted by Crippen LogP contribution is 2.28. The Hall–Kier alpha value is -0.910. The van der Waals surface area contributed by atoms with E-state index in [0.717, 1.165) is 10.7 Å². The van der Waals surface area contributed by atoms with Gasteiger partial charge in [-0.25, -0.2) is 9.37 Å². The van der Waals surface area contributed by atoms with Gasteiger partial charge in [0.15, 0.2) is 11.6 Å². The second-order valence-electron chi connectivity index (χ2n) is 3.08. The second-order valence-corrected chi connectivity index (χ2v) is 4.75. The summed E-state index contributed by atoms with van der Waals surface area (Å²) in [6.45, 7) is 0. The third-order valence-corrected chi connectivity index (χ3v) is 2.89. The third kappa shape index (κ3) is 3.06. The Morgan fingerprint density at radius 3 is 2.76 bits per heavy atom. The second kappa shape index (κ2) is 5.16. The number of hydrogen-bond donors (Lipinski definition) is 1. The Morgan fingerprint density at radius 2 is 2.06 bits per heavy atom. The minimum absolute atomic E-state index is 0.0192. The van der Waals surface area contributed by atoms with Crippen molar-refractivity contribution in [2.45, 2.75) is 0 Å². The predicted molar refractivity (Wildman–Crippen MR) is 69.4 cm³/mol. The lowest BCUT2D eigenvalue weighted by molar-refractivity contribution is 0.619. The van der Waals surface area contributed by atoms with Crippen LogP contribution in [0.3, 0.4) is 0 Å². The van der Waals surface area contributed by atoms with Gasteiger partial charge >= 0.3 is 0 Å². The number of nitrogens with zero attached hydrogens (tertiary/aromatic N) is 2. The number of benzene rings is 1. The molecule has 0 saturated carbocycles. The van der Waals surface area contributed by atoms with Crippen molar-refractivity contribution in [1.29, 1.82) is 0 Å². The van der Waals surface area contributed by atoms with E-state index in [1.807, 2.05) is 0 Å². The smallest absolute Gasteiger partial charge is 0.224 e. The van der Waals surface area contributed by atoms with E-state index in [-0.39, 0.29) is 11.1 Å². The van der Waals surface area contributed by atoms with Crippen molar-refractivity contribution >= 4 is 50.6 Å². The molecule has 0 aliphatic heterocycles. The molecule has 0 aliphatic rings. The fraction of sp³-hybridized carbons (Fsp3) is 0. The average Bonchev–Trinajstić information content (AvgIpc) is 2.27. The topological polar surface area (TPSA) is 37.8 Å². The first-order chi connectivity index (χ1) is 8.06. The zero-order valence-electron chi connectivity index (χ0n) is 8.22. The van der Waals surface area contributed by atoms with Gasteiger partial charge in [-0.3, -0.25) is 0 Å². The van der Waals surface area contributed by atoms with Crippen molar-refractivity contribution in [3.63, 3.8) is 0 Å². The zero-order valence-corrected chi connectivity index (χ0v) is 11.3. The van der Waals surface area contributed by atoms with Gasteiger partial charge in [0, 0.05) is 4.47 Å². The van der Waals surface area contributed by atoms with Gasteiger partial charge in [0.25, 0.3) is 0 Å². The quantitative estimate of drug-likeness (QED) is 0.824. The third-order valence-electron chi connectivity index (χ3n) is 1.90. The summed E-state index contributed by atoms with van der Waals surface area (Å²) in [5, 5.41) is 3.14. The minimum Gasteiger partial charge on any atom is -0.336 e. The number of aromatic nitrogens is 2. The average molecular weight is 337 g/mol. The maximum absolute atomic E-state index is 13.4. The van der Waals surface area contributed by atoms with E-state index in [0.29, 0.717) is 10.7 Å². The first-order valence-electron chi connectivity index (χ1n) is 4.46. The van der Waals surface area contributed by atoms with Gasteiger partial charge in [-0.15, -0.1) is 0 Å². The molecule has 0 radical (unpaired) electrons. The van der Waals surface area contributed by atoms with Crippen molar-refractivity contribution in [1.82, 2.24) is 9.97 Å². The van der Waals surface area contributed by atoms with Crippen LogP contribution < -0.4 is 5.32 Å². The van der Waals surface area contributed by atoms with Gasteiger partial charge in [-0.2, -0.15) is 4.98 Å². The molecule has 0 unspecified atom stereocenters. The normalized spacial score (nSPS) is 10.4. The highest BCUT2D eigenvalue weighted by molar-refractivity contribution is 9.10. The largest absolute Gasteiger partial charge is 0.336 e. The first kappa shape index (κ1) is 12.5. The van der Waals surface area contributed by atoms with Crippen LogP contribution in [0.25, 0.3) is 0 Å². The molecular weight excluding hydrogens is 332 g/mol. The number of rotatable bonds is 2. The highest BCUT2D eigenvalue weighted by Gasteiger charge is 2.08. The molecule has 0 fully saturated rings. The summed E-state index contributed by atoms with van der Waals surface area (Å²) >= 11 is 14.8. The van der Waals surface area contributed by atoms with E-state index < -0.39 is 5.82 Å². The van der Waals surface area contributed by atoms with E-state index in [9.17, 15) is 4.39 Å². The van der Waals surface area contributed by atoms with Gasteiger partial charge in [-0.1, -0.05) is 27.5 Å². The van der Waals surface area contributed by atoms with Gasteiger partial charge in [0.05, 0.1) is 16.9 Å². The molecule has 7 heteroatoms. The standard InChI is InChI=1S/C10H5BrCl2FN3/c11-5-1-2-8(6(12)3-5)16-9-7(14)4-15-10(13)17-9/h1-4H,(H,15,16,17). The van der Waals surface area contributed by atoms with Crippen molar-refractivity contribution in [2.75, 3.05) is 5.32 Å². The van der Waals surface area contributed by atoms with Crippen molar-refractivity contribution < 1.29 is 4.39 Å². The molecule has 88 valence electrons. The zero-order chi connectivity index (χ0) is 12.4. The summed E-state index contributed by atoms with van der Waals surface area (Å²) in [6.07, 6.45) is 0.991. The Morgan fingerprint density at radius 1 is 1.29 bits per heavy atom. The first-order valence-corrected chi connectivity index (χ1v) is 6.01. The minimum atomic E-state index is -0.603. The molecule has 1 heterocycles. The molecule has 17 heavy (non-hydrogen) atoms. The summed E-state index contributed by atoms with van der Waals surface area (Å²) < 4.78 is 14.2. The van der Waals surface area contributed by atoms with Gasteiger partial charge in [0.1, 0.15) is 0 Å². The molecule has 1 N–H and O–H groups in total. The van der Waals surface area contributed by atoms with Crippen LogP contribution in [0.2, 0.25) is 10.3 Å². The predicted octanol–water partition coefficient (Wildman–Crippen LogP) is 4.43. The Bertz CT molecular complexity index is 565. The van der Waals surface area contributed by atoms with Gasteiger partial charge < -0.3 is 5.32 Å². The van der Waals surface area contributed by atoms with Crippen LogP contribution >= 0.6 is 39.1 Å². The Labute approximate surface area is 115 Å². The van der Waals surface area contributed by atoms with Crippen LogP contribution in [0.15, 0.2) is 28.9 Å². The van der Waals surface area contributed by atoms with Crippen LogP contribution in [0.1, 0.15) is 0 Å². The maximum atomic E-state index is 13.4. The lowest BCUT2D eigenvalue weighted by Gasteiger charge is -2.08. The molecule has 0 bridgehead atoms. The number of halogens is 4. The maximum Gasteiger partial charge on any atom is 0.224 e. The molecule has 0 saturated heterocycles. The molecule has 0 aliphatic carbocycles.